The normalized spacial score (nSPS) is 15.1. The van der Waals surface area contributed by atoms with Crippen molar-refractivity contribution in [2.45, 2.75) is 43.6 Å². The van der Waals surface area contributed by atoms with Gasteiger partial charge < -0.3 is 15.2 Å². The Kier molecular flexibility index (Phi) is 7.85. The van der Waals surface area contributed by atoms with Crippen LogP contribution >= 0.6 is 39.3 Å². The minimum absolute atomic E-state index is 0.0716. The second-order valence-electron chi connectivity index (χ2n) is 7.81. The molecule has 4 rings (SSSR count). The molecule has 2 heterocycles. The number of hydrogen-bond acceptors (Lipinski definition) is 7. The summed E-state index contributed by atoms with van der Waals surface area (Å²) in [5.41, 5.74) is 2.74. The molecule has 34 heavy (non-hydrogen) atoms. The van der Waals surface area contributed by atoms with E-state index in [1.807, 2.05) is 44.2 Å². The van der Waals surface area contributed by atoms with Gasteiger partial charge in [0.2, 0.25) is 11.1 Å². The predicted molar refractivity (Wildman–Crippen MR) is 137 cm³/mol. The van der Waals surface area contributed by atoms with Crippen molar-refractivity contribution in [3.8, 4) is 5.75 Å². The van der Waals surface area contributed by atoms with Crippen molar-refractivity contribution >= 4 is 51.2 Å². The quantitative estimate of drug-likeness (QED) is 0.188. The number of phenols is 1. The van der Waals surface area contributed by atoms with Crippen molar-refractivity contribution in [1.29, 1.82) is 0 Å². The highest BCUT2D eigenvalue weighted by Gasteiger charge is 2.35. The van der Waals surface area contributed by atoms with E-state index in [1.165, 1.54) is 11.8 Å². The van der Waals surface area contributed by atoms with Crippen LogP contribution in [0.5, 0.6) is 5.75 Å². The molecule has 178 valence electrons. The Hall–Kier alpha value is -2.49. The third kappa shape index (κ3) is 5.26. The largest absolute Gasteiger partial charge is 0.507 e. The number of anilines is 1. The number of aromatic nitrogens is 3. The van der Waals surface area contributed by atoms with E-state index in [0.29, 0.717) is 49.8 Å². The van der Waals surface area contributed by atoms with Crippen LogP contribution in [0.15, 0.2) is 63.4 Å². The number of unbranched alkanes of at least 4 members (excludes halogenated alkanes) is 1. The highest BCUT2D eigenvalue weighted by Crippen LogP contribution is 2.39. The van der Waals surface area contributed by atoms with Gasteiger partial charge in [0.1, 0.15) is 11.8 Å². The number of phenolic OH excluding ortho intramolecular Hbond substituents is 1. The molecule has 2 N–H and O–H groups in total. The first-order valence-corrected chi connectivity index (χ1v) is 13.0. The molecule has 0 aliphatic carbocycles. The van der Waals surface area contributed by atoms with E-state index in [0.717, 1.165) is 18.4 Å². The van der Waals surface area contributed by atoms with Crippen LogP contribution in [0.25, 0.3) is 0 Å². The molecule has 0 bridgehead atoms. The topological polar surface area (TPSA) is 89.3 Å². The van der Waals surface area contributed by atoms with Crippen LogP contribution in [0.2, 0.25) is 5.02 Å². The van der Waals surface area contributed by atoms with Crippen LogP contribution in [-0.4, -0.2) is 32.4 Å². The summed E-state index contributed by atoms with van der Waals surface area (Å²) in [6, 6.07) is 12.2. The van der Waals surface area contributed by atoms with Crippen molar-refractivity contribution in [2.75, 3.05) is 11.9 Å². The first-order valence-electron chi connectivity index (χ1n) is 10.8. The number of carbonyl (C=O) groups excluding carboxylic acids is 1. The summed E-state index contributed by atoms with van der Waals surface area (Å²) in [6.07, 6.45) is 1.71. The zero-order valence-corrected chi connectivity index (χ0v) is 21.9. The molecular formula is C24H24BrClN4O3S. The second kappa shape index (κ2) is 10.8. The minimum atomic E-state index is -0.605. The van der Waals surface area contributed by atoms with E-state index < -0.39 is 12.0 Å². The molecule has 1 aromatic heterocycles. The van der Waals surface area contributed by atoms with Gasteiger partial charge >= 0.3 is 5.97 Å². The summed E-state index contributed by atoms with van der Waals surface area (Å²) in [5, 5.41) is 19.5. The van der Waals surface area contributed by atoms with Gasteiger partial charge in [-0.3, -0.25) is 0 Å². The molecule has 0 fully saturated rings. The fraction of sp³-hybridized carbons (Fsp3) is 0.292. The summed E-state index contributed by atoms with van der Waals surface area (Å²) < 4.78 is 7.78. The van der Waals surface area contributed by atoms with Crippen molar-refractivity contribution < 1.29 is 14.6 Å². The number of carbonyl (C=O) groups is 1. The third-order valence-electron chi connectivity index (χ3n) is 5.38. The minimum Gasteiger partial charge on any atom is -0.507 e. The van der Waals surface area contributed by atoms with Gasteiger partial charge in [-0.1, -0.05) is 61.0 Å². The molecule has 2 aromatic carbocycles. The van der Waals surface area contributed by atoms with Crippen LogP contribution in [0, 0.1) is 0 Å². The van der Waals surface area contributed by atoms with Crippen LogP contribution in [-0.2, 0) is 15.3 Å². The number of hydrogen-bond donors (Lipinski definition) is 2. The molecule has 3 aromatic rings. The number of halogens is 2. The Bertz CT molecular complexity index is 1250. The van der Waals surface area contributed by atoms with Crippen molar-refractivity contribution in [2.24, 2.45) is 0 Å². The number of ether oxygens (including phenoxy) is 1. The molecule has 10 heteroatoms. The summed E-state index contributed by atoms with van der Waals surface area (Å²) in [4.78, 5) is 17.7. The number of nitrogens with one attached hydrogen (secondary N) is 1. The first-order chi connectivity index (χ1) is 16.4. The predicted octanol–water partition coefficient (Wildman–Crippen LogP) is 6.32. The van der Waals surface area contributed by atoms with Crippen molar-refractivity contribution in [1.82, 2.24) is 14.8 Å². The average Bonchev–Trinajstić information content (AvgIpc) is 3.22. The fourth-order valence-corrected chi connectivity index (χ4v) is 4.97. The lowest BCUT2D eigenvalue weighted by molar-refractivity contribution is -0.139. The molecule has 1 unspecified atom stereocenters. The van der Waals surface area contributed by atoms with E-state index in [1.54, 1.807) is 16.8 Å². The molecule has 0 spiro atoms. The number of aromatic hydroxyl groups is 1. The summed E-state index contributed by atoms with van der Waals surface area (Å²) in [7, 11) is 0. The SMILES string of the molecule is CCCCOC(=O)C1=C(C)Nc2nc(SCc3ccccc3Cl)nn2C1c1ccc(Br)c(O)c1. The van der Waals surface area contributed by atoms with Gasteiger partial charge in [-0.25, -0.2) is 9.48 Å². The van der Waals surface area contributed by atoms with E-state index >= 15 is 0 Å². The third-order valence-corrected chi connectivity index (χ3v) is 7.31. The van der Waals surface area contributed by atoms with Crippen molar-refractivity contribution in [3.63, 3.8) is 0 Å². The lowest BCUT2D eigenvalue weighted by atomic mass is 9.95. The van der Waals surface area contributed by atoms with Gasteiger partial charge in [0, 0.05) is 16.5 Å². The van der Waals surface area contributed by atoms with Gasteiger partial charge in [-0.2, -0.15) is 4.98 Å². The lowest BCUT2D eigenvalue weighted by Gasteiger charge is -2.28. The van der Waals surface area contributed by atoms with Crippen LogP contribution < -0.4 is 5.32 Å². The number of esters is 1. The van der Waals surface area contributed by atoms with Gasteiger partial charge in [0.05, 0.1) is 16.7 Å². The maximum Gasteiger partial charge on any atom is 0.338 e. The van der Waals surface area contributed by atoms with E-state index in [9.17, 15) is 9.90 Å². The number of rotatable bonds is 8. The Morgan fingerprint density at radius 3 is 2.85 bits per heavy atom. The molecule has 1 aliphatic rings. The lowest BCUT2D eigenvalue weighted by Crippen LogP contribution is -2.29. The van der Waals surface area contributed by atoms with Crippen LogP contribution in [0.3, 0.4) is 0 Å². The Morgan fingerprint density at radius 2 is 2.12 bits per heavy atom. The van der Waals surface area contributed by atoms with Gasteiger partial charge in [0.15, 0.2) is 0 Å². The summed E-state index contributed by atoms with van der Waals surface area (Å²) in [6.45, 7) is 4.20. The molecule has 0 saturated carbocycles. The van der Waals surface area contributed by atoms with Crippen LogP contribution in [0.1, 0.15) is 43.9 Å². The van der Waals surface area contributed by atoms with E-state index in [2.05, 4.69) is 26.2 Å². The van der Waals surface area contributed by atoms with Crippen LogP contribution in [0.4, 0.5) is 5.95 Å². The Morgan fingerprint density at radius 1 is 1.32 bits per heavy atom. The average molecular weight is 564 g/mol. The standard InChI is InChI=1S/C24H24BrClN4O3S/c1-3-4-11-33-22(32)20-14(2)27-23-28-24(34-13-16-7-5-6-8-18(16)26)29-30(23)21(20)15-9-10-17(25)19(31)12-15/h5-10,12,21,31H,3-4,11,13H2,1-2H3,(H,27,28,29). The second-order valence-corrected chi connectivity index (χ2v) is 10.0. The number of nitrogens with zero attached hydrogens (tertiary/aromatic N) is 3. The molecule has 0 radical (unpaired) electrons. The smallest absolute Gasteiger partial charge is 0.338 e. The molecule has 0 saturated heterocycles. The zero-order chi connectivity index (χ0) is 24.2. The molecule has 1 aliphatic heterocycles. The highest BCUT2D eigenvalue weighted by molar-refractivity contribution is 9.10. The van der Waals surface area contributed by atoms with Gasteiger partial charge in [-0.05, 0) is 58.6 Å². The van der Waals surface area contributed by atoms with Crippen molar-refractivity contribution in [3.05, 3.63) is 74.4 Å². The Labute approximate surface area is 215 Å². The highest BCUT2D eigenvalue weighted by atomic mass is 79.9. The summed E-state index contributed by atoms with van der Waals surface area (Å²) >= 11 is 11.1. The van der Waals surface area contributed by atoms with E-state index in [4.69, 9.17) is 21.4 Å². The number of fused-ring (bicyclic) bond motifs is 1. The van der Waals surface area contributed by atoms with Gasteiger partial charge in [-0.15, -0.1) is 5.10 Å². The Balaban J connectivity index is 1.69. The molecule has 7 nitrogen and oxygen atoms in total. The number of allylic oxidation sites excluding steroid dienone is 1. The molecular weight excluding hydrogens is 540 g/mol. The summed E-state index contributed by atoms with van der Waals surface area (Å²) in [5.74, 6) is 0.766. The fourth-order valence-electron chi connectivity index (χ4n) is 3.61. The molecule has 1 atom stereocenters. The number of thioether (sulfide) groups is 1. The van der Waals surface area contributed by atoms with E-state index in [-0.39, 0.29) is 5.75 Å². The maximum absolute atomic E-state index is 13.1. The zero-order valence-electron chi connectivity index (χ0n) is 18.7. The molecule has 0 amide bonds. The van der Waals surface area contributed by atoms with Gasteiger partial charge in [0.25, 0.3) is 0 Å². The first kappa shape index (κ1) is 24.6. The monoisotopic (exact) mass is 562 g/mol. The number of benzene rings is 2. The maximum atomic E-state index is 13.1.